The Balaban J connectivity index is 4.97. The summed E-state index contributed by atoms with van der Waals surface area (Å²) in [6.45, 7) is 4.30. The summed E-state index contributed by atoms with van der Waals surface area (Å²) in [5.74, 6) is -2.39. The Morgan fingerprint density at radius 1 is 0.964 bits per heavy atom. The maximum Gasteiger partial charge on any atom is 0.326 e. The molecule has 0 aromatic carbocycles. The highest BCUT2D eigenvalue weighted by atomic mass is 16.4. The van der Waals surface area contributed by atoms with Gasteiger partial charge in [-0.05, 0) is 44.6 Å². The van der Waals surface area contributed by atoms with Gasteiger partial charge in [0.15, 0.2) is 5.96 Å². The number of aliphatic imine (C=N–C) groups is 1. The van der Waals surface area contributed by atoms with E-state index in [-0.39, 0.29) is 24.8 Å². The van der Waals surface area contributed by atoms with E-state index in [1.807, 2.05) is 0 Å². The third kappa shape index (κ3) is 10.7. The molecule has 0 heterocycles. The Hall–Kier alpha value is -2.40. The standard InChI is InChI=1S/C17H35N7O4/c1-10(2)13(19)15(26)23-11(6-3-4-8-18)14(25)24-12(16(27)28)7-5-9-22-17(20)21/h10-13H,3-9,18-19H2,1-2H3,(H,23,26)(H,24,25)(H,27,28)(H4,20,21,22). The van der Waals surface area contributed by atoms with Crippen LogP contribution in [0.25, 0.3) is 0 Å². The lowest BCUT2D eigenvalue weighted by Gasteiger charge is -2.24. The van der Waals surface area contributed by atoms with E-state index in [1.165, 1.54) is 0 Å². The summed E-state index contributed by atoms with van der Waals surface area (Å²) < 4.78 is 0. The van der Waals surface area contributed by atoms with Crippen molar-refractivity contribution in [2.75, 3.05) is 13.1 Å². The Morgan fingerprint density at radius 2 is 1.54 bits per heavy atom. The van der Waals surface area contributed by atoms with E-state index < -0.39 is 35.9 Å². The third-order valence-electron chi connectivity index (χ3n) is 4.16. The zero-order valence-electron chi connectivity index (χ0n) is 16.7. The van der Waals surface area contributed by atoms with Crippen LogP contribution in [-0.2, 0) is 14.4 Å². The first-order valence-electron chi connectivity index (χ1n) is 9.44. The van der Waals surface area contributed by atoms with Crippen molar-refractivity contribution in [2.24, 2.45) is 33.8 Å². The Kier molecular flexibility index (Phi) is 12.5. The fraction of sp³-hybridized carbons (Fsp3) is 0.765. The van der Waals surface area contributed by atoms with Gasteiger partial charge in [0.25, 0.3) is 0 Å². The lowest BCUT2D eigenvalue weighted by Crippen LogP contribution is -2.55. The van der Waals surface area contributed by atoms with Crippen LogP contribution >= 0.6 is 0 Å². The molecule has 11 nitrogen and oxygen atoms in total. The number of carbonyl (C=O) groups is 3. The molecular weight excluding hydrogens is 366 g/mol. The van der Waals surface area contributed by atoms with Gasteiger partial charge in [0, 0.05) is 6.54 Å². The van der Waals surface area contributed by atoms with Crippen LogP contribution in [0.2, 0.25) is 0 Å². The lowest BCUT2D eigenvalue weighted by atomic mass is 10.0. The topological polar surface area (TPSA) is 212 Å². The minimum atomic E-state index is -1.18. The van der Waals surface area contributed by atoms with Crippen molar-refractivity contribution < 1.29 is 19.5 Å². The summed E-state index contributed by atoms with van der Waals surface area (Å²) >= 11 is 0. The van der Waals surface area contributed by atoms with Crippen molar-refractivity contribution in [2.45, 2.75) is 64.1 Å². The molecule has 11 N–H and O–H groups in total. The first-order valence-corrected chi connectivity index (χ1v) is 9.44. The fourth-order valence-electron chi connectivity index (χ4n) is 2.37. The minimum absolute atomic E-state index is 0.0833. The number of rotatable bonds is 14. The fourth-order valence-corrected chi connectivity index (χ4v) is 2.37. The third-order valence-corrected chi connectivity index (χ3v) is 4.16. The molecule has 0 aromatic rings. The van der Waals surface area contributed by atoms with Crippen LogP contribution in [0, 0.1) is 5.92 Å². The summed E-state index contributed by atoms with van der Waals surface area (Å²) in [6, 6.07) is -2.77. The highest BCUT2D eigenvalue weighted by Crippen LogP contribution is 2.06. The van der Waals surface area contributed by atoms with Crippen molar-refractivity contribution in [3.8, 4) is 0 Å². The number of carboxylic acids is 1. The second-order valence-electron chi connectivity index (χ2n) is 6.96. The molecule has 0 aromatic heterocycles. The molecule has 0 aliphatic heterocycles. The number of guanidine groups is 1. The van der Waals surface area contributed by atoms with Crippen molar-refractivity contribution in [3.63, 3.8) is 0 Å². The molecule has 0 spiro atoms. The second kappa shape index (κ2) is 13.7. The van der Waals surface area contributed by atoms with E-state index in [9.17, 15) is 19.5 Å². The molecular formula is C17H35N7O4. The van der Waals surface area contributed by atoms with Crippen molar-refractivity contribution in [3.05, 3.63) is 0 Å². The molecule has 2 amide bonds. The van der Waals surface area contributed by atoms with E-state index in [0.717, 1.165) is 0 Å². The number of hydrogen-bond donors (Lipinski definition) is 7. The first kappa shape index (κ1) is 25.6. The van der Waals surface area contributed by atoms with Gasteiger partial charge in [0.2, 0.25) is 11.8 Å². The van der Waals surface area contributed by atoms with Gasteiger partial charge < -0.3 is 38.7 Å². The van der Waals surface area contributed by atoms with Gasteiger partial charge >= 0.3 is 5.97 Å². The van der Waals surface area contributed by atoms with Gasteiger partial charge in [0.1, 0.15) is 12.1 Å². The molecule has 0 saturated carbocycles. The highest BCUT2D eigenvalue weighted by Gasteiger charge is 2.28. The molecule has 0 saturated heterocycles. The molecule has 0 fully saturated rings. The van der Waals surface area contributed by atoms with Crippen LogP contribution in [-0.4, -0.2) is 60.1 Å². The number of unbranched alkanes of at least 4 members (excludes halogenated alkanes) is 1. The van der Waals surface area contributed by atoms with Crippen molar-refractivity contribution in [1.82, 2.24) is 10.6 Å². The number of nitrogens with zero attached hydrogens (tertiary/aromatic N) is 1. The number of nitrogens with one attached hydrogen (secondary N) is 2. The lowest BCUT2D eigenvalue weighted by molar-refractivity contribution is -0.142. The van der Waals surface area contributed by atoms with Crippen molar-refractivity contribution in [1.29, 1.82) is 0 Å². The molecule has 28 heavy (non-hydrogen) atoms. The minimum Gasteiger partial charge on any atom is -0.480 e. The van der Waals surface area contributed by atoms with E-state index >= 15 is 0 Å². The SMILES string of the molecule is CC(C)C(N)C(=O)NC(CCCCN)C(=O)NC(CCCN=C(N)N)C(=O)O. The van der Waals surface area contributed by atoms with Crippen LogP contribution in [0.5, 0.6) is 0 Å². The number of aliphatic carboxylic acids is 1. The number of amides is 2. The van der Waals surface area contributed by atoms with Crippen LogP contribution in [0.1, 0.15) is 46.0 Å². The average molecular weight is 402 g/mol. The van der Waals surface area contributed by atoms with Crippen LogP contribution < -0.4 is 33.6 Å². The predicted molar refractivity (Wildman–Crippen MR) is 107 cm³/mol. The van der Waals surface area contributed by atoms with E-state index in [2.05, 4.69) is 15.6 Å². The molecule has 11 heteroatoms. The van der Waals surface area contributed by atoms with Crippen LogP contribution in [0.3, 0.4) is 0 Å². The van der Waals surface area contributed by atoms with Gasteiger partial charge in [-0.25, -0.2) is 4.79 Å². The van der Waals surface area contributed by atoms with Crippen LogP contribution in [0.4, 0.5) is 0 Å². The Morgan fingerprint density at radius 3 is 2.04 bits per heavy atom. The molecule has 0 rings (SSSR count). The first-order chi connectivity index (χ1) is 13.1. The summed E-state index contributed by atoms with van der Waals surface area (Å²) in [4.78, 5) is 40.0. The maximum atomic E-state index is 12.6. The zero-order valence-corrected chi connectivity index (χ0v) is 16.7. The largest absolute Gasteiger partial charge is 0.480 e. The van der Waals surface area contributed by atoms with E-state index in [4.69, 9.17) is 22.9 Å². The number of carbonyl (C=O) groups excluding carboxylic acids is 2. The molecule has 3 unspecified atom stereocenters. The van der Waals surface area contributed by atoms with E-state index in [1.54, 1.807) is 13.8 Å². The number of carboxylic acid groups (broad SMARTS) is 1. The molecule has 0 aliphatic rings. The second-order valence-corrected chi connectivity index (χ2v) is 6.96. The summed E-state index contributed by atoms with van der Waals surface area (Å²) in [5, 5.41) is 14.4. The van der Waals surface area contributed by atoms with Crippen LogP contribution in [0.15, 0.2) is 4.99 Å². The summed E-state index contributed by atoms with van der Waals surface area (Å²) in [5.41, 5.74) is 21.7. The smallest absolute Gasteiger partial charge is 0.326 e. The van der Waals surface area contributed by atoms with Crippen molar-refractivity contribution >= 4 is 23.7 Å². The summed E-state index contributed by atoms with van der Waals surface area (Å²) in [6.07, 6.45) is 2.13. The quantitative estimate of drug-likeness (QED) is 0.0999. The normalized spacial score (nSPS) is 14.0. The van der Waals surface area contributed by atoms with Gasteiger partial charge in [-0.1, -0.05) is 13.8 Å². The molecule has 0 bridgehead atoms. The van der Waals surface area contributed by atoms with Gasteiger partial charge in [-0.2, -0.15) is 0 Å². The average Bonchev–Trinajstić information content (AvgIpc) is 2.61. The maximum absolute atomic E-state index is 12.6. The monoisotopic (exact) mass is 401 g/mol. The highest BCUT2D eigenvalue weighted by molar-refractivity contribution is 5.91. The van der Waals surface area contributed by atoms with Gasteiger partial charge in [-0.3, -0.25) is 14.6 Å². The number of nitrogens with two attached hydrogens (primary N) is 4. The van der Waals surface area contributed by atoms with E-state index in [0.29, 0.717) is 32.2 Å². The predicted octanol–water partition coefficient (Wildman–Crippen LogP) is -1.79. The van der Waals surface area contributed by atoms with Gasteiger partial charge in [0.05, 0.1) is 6.04 Å². The zero-order chi connectivity index (χ0) is 21.7. The summed E-state index contributed by atoms with van der Waals surface area (Å²) in [7, 11) is 0. The Bertz CT molecular complexity index is 536. The molecule has 0 aliphatic carbocycles. The molecule has 0 radical (unpaired) electrons. The Labute approximate surface area is 165 Å². The van der Waals surface area contributed by atoms with Gasteiger partial charge in [-0.15, -0.1) is 0 Å². The molecule has 162 valence electrons. The number of hydrogen-bond acceptors (Lipinski definition) is 6. The molecule has 3 atom stereocenters.